The van der Waals surface area contributed by atoms with Crippen LogP contribution in [-0.4, -0.2) is 15.2 Å². The van der Waals surface area contributed by atoms with Gasteiger partial charge in [0, 0.05) is 23.5 Å². The standard InChI is InChI=1S/C42H33N3S/c1-28(2)25-29-16-22-34(23-17-29)42(38-14-5-3-12-36(38)37-13-4-6-15-39(37)42)35-11-7-9-32(26-35)30-18-20-31(21-19-30)40-44-45-41(46-40)33-10-8-24-43-27-33/h3-24,26-28H,25H2,1-2H3. The van der Waals surface area contributed by atoms with Gasteiger partial charge in [-0.1, -0.05) is 140 Å². The van der Waals surface area contributed by atoms with Crippen LogP contribution in [0, 0.1) is 5.92 Å². The molecule has 0 bridgehead atoms. The topological polar surface area (TPSA) is 38.7 Å². The molecule has 0 saturated heterocycles. The van der Waals surface area contributed by atoms with Gasteiger partial charge in [-0.2, -0.15) is 0 Å². The maximum Gasteiger partial charge on any atom is 0.149 e. The van der Waals surface area contributed by atoms with Gasteiger partial charge in [-0.25, -0.2) is 0 Å². The quantitative estimate of drug-likeness (QED) is 0.180. The molecule has 0 N–H and O–H groups in total. The summed E-state index contributed by atoms with van der Waals surface area (Å²) in [4.78, 5) is 4.23. The van der Waals surface area contributed by atoms with Crippen LogP contribution in [0.1, 0.15) is 41.7 Å². The number of fused-ring (bicyclic) bond motifs is 3. The average molecular weight is 612 g/mol. The number of aromatic nitrogens is 3. The van der Waals surface area contributed by atoms with E-state index in [0.717, 1.165) is 27.6 Å². The molecule has 2 aromatic heterocycles. The smallest absolute Gasteiger partial charge is 0.149 e. The highest BCUT2D eigenvalue weighted by molar-refractivity contribution is 7.17. The number of hydrogen-bond donors (Lipinski definition) is 0. The van der Waals surface area contributed by atoms with Crippen LogP contribution in [-0.2, 0) is 11.8 Å². The lowest BCUT2D eigenvalue weighted by Crippen LogP contribution is -2.28. The van der Waals surface area contributed by atoms with Gasteiger partial charge >= 0.3 is 0 Å². The number of hydrogen-bond acceptors (Lipinski definition) is 4. The van der Waals surface area contributed by atoms with Crippen LogP contribution in [0.3, 0.4) is 0 Å². The summed E-state index contributed by atoms with van der Waals surface area (Å²) in [5.41, 5.74) is 13.2. The number of rotatable bonds is 7. The lowest BCUT2D eigenvalue weighted by molar-refractivity contribution is 0.646. The molecule has 2 heterocycles. The van der Waals surface area contributed by atoms with E-state index in [1.54, 1.807) is 17.5 Å². The predicted molar refractivity (Wildman–Crippen MR) is 190 cm³/mol. The monoisotopic (exact) mass is 611 g/mol. The number of benzene rings is 5. The van der Waals surface area contributed by atoms with E-state index in [9.17, 15) is 0 Å². The van der Waals surface area contributed by atoms with Crippen LogP contribution in [0.4, 0.5) is 0 Å². The van der Waals surface area contributed by atoms with Crippen LogP contribution in [0.15, 0.2) is 146 Å². The third kappa shape index (κ3) is 4.77. The van der Waals surface area contributed by atoms with Crippen LogP contribution in [0.5, 0.6) is 0 Å². The van der Waals surface area contributed by atoms with Crippen LogP contribution in [0.25, 0.3) is 43.4 Å². The summed E-state index contributed by atoms with van der Waals surface area (Å²) < 4.78 is 0. The highest BCUT2D eigenvalue weighted by Gasteiger charge is 2.45. The zero-order valence-corrected chi connectivity index (χ0v) is 26.7. The Morgan fingerprint density at radius 2 is 1.20 bits per heavy atom. The summed E-state index contributed by atoms with van der Waals surface area (Å²) >= 11 is 1.59. The molecule has 0 fully saturated rings. The van der Waals surface area contributed by atoms with Gasteiger partial charge in [-0.3, -0.25) is 4.98 Å². The summed E-state index contributed by atoms with van der Waals surface area (Å²) in [5, 5.41) is 10.7. The second kappa shape index (κ2) is 11.6. The minimum absolute atomic E-state index is 0.422. The molecule has 5 aromatic carbocycles. The van der Waals surface area contributed by atoms with E-state index in [4.69, 9.17) is 0 Å². The van der Waals surface area contributed by atoms with E-state index in [-0.39, 0.29) is 0 Å². The first kappa shape index (κ1) is 28.3. The molecule has 7 aromatic rings. The van der Waals surface area contributed by atoms with E-state index >= 15 is 0 Å². The molecule has 0 saturated carbocycles. The minimum Gasteiger partial charge on any atom is -0.264 e. The van der Waals surface area contributed by atoms with Crippen LogP contribution < -0.4 is 0 Å². The molecule has 46 heavy (non-hydrogen) atoms. The van der Waals surface area contributed by atoms with E-state index in [1.165, 1.54) is 50.1 Å². The zero-order valence-electron chi connectivity index (χ0n) is 25.9. The van der Waals surface area contributed by atoms with Crippen LogP contribution in [0.2, 0.25) is 0 Å². The Kier molecular flexibility index (Phi) is 7.15. The van der Waals surface area contributed by atoms with Gasteiger partial charge in [0.15, 0.2) is 0 Å². The van der Waals surface area contributed by atoms with Gasteiger partial charge in [0.1, 0.15) is 10.0 Å². The Labute approximate surface area is 274 Å². The first-order chi connectivity index (χ1) is 22.6. The van der Waals surface area contributed by atoms with Gasteiger partial charge in [0.05, 0.1) is 5.41 Å². The Bertz CT molecular complexity index is 2100. The molecule has 0 spiro atoms. The molecule has 4 heteroatoms. The van der Waals surface area contributed by atoms with Crippen molar-refractivity contribution in [3.63, 3.8) is 0 Å². The highest BCUT2D eigenvalue weighted by atomic mass is 32.1. The summed E-state index contributed by atoms with van der Waals surface area (Å²) in [6, 6.07) is 49.0. The fraction of sp³-hybridized carbons (Fsp3) is 0.119. The Hall–Kier alpha value is -5.19. The SMILES string of the molecule is CC(C)Cc1ccc(C2(c3cccc(-c4ccc(-c5nnc(-c6cccnc6)s5)cc4)c3)c3ccccc3-c3ccccc32)cc1. The Morgan fingerprint density at radius 1 is 0.565 bits per heavy atom. The van der Waals surface area contributed by atoms with Gasteiger partial charge in [0.2, 0.25) is 0 Å². The van der Waals surface area contributed by atoms with Crippen molar-refractivity contribution in [1.82, 2.24) is 15.2 Å². The fourth-order valence-electron chi connectivity index (χ4n) is 7.07. The summed E-state index contributed by atoms with van der Waals surface area (Å²) in [5.74, 6) is 0.617. The fourth-order valence-corrected chi connectivity index (χ4v) is 7.91. The lowest BCUT2D eigenvalue weighted by Gasteiger charge is -2.34. The third-order valence-corrected chi connectivity index (χ3v) is 10.1. The minimum atomic E-state index is -0.422. The molecule has 0 amide bonds. The van der Waals surface area contributed by atoms with Gasteiger partial charge in [-0.15, -0.1) is 10.2 Å². The first-order valence-corrected chi connectivity index (χ1v) is 16.7. The zero-order chi connectivity index (χ0) is 31.1. The molecule has 8 rings (SSSR count). The second-order valence-electron chi connectivity index (χ2n) is 12.4. The summed E-state index contributed by atoms with van der Waals surface area (Å²) in [7, 11) is 0. The molecule has 0 aliphatic heterocycles. The Balaban J connectivity index is 1.23. The van der Waals surface area contributed by atoms with Crippen molar-refractivity contribution in [1.29, 1.82) is 0 Å². The summed E-state index contributed by atoms with van der Waals surface area (Å²) in [6.45, 7) is 4.56. The molecular weight excluding hydrogens is 579 g/mol. The van der Waals surface area contributed by atoms with Crippen LogP contribution >= 0.6 is 11.3 Å². The number of nitrogens with zero attached hydrogens (tertiary/aromatic N) is 3. The van der Waals surface area contributed by atoms with E-state index < -0.39 is 5.41 Å². The van der Waals surface area contributed by atoms with Crippen molar-refractivity contribution in [3.05, 3.63) is 174 Å². The highest BCUT2D eigenvalue weighted by Crippen LogP contribution is 2.56. The average Bonchev–Trinajstić information content (AvgIpc) is 3.72. The van der Waals surface area contributed by atoms with Crippen molar-refractivity contribution in [2.45, 2.75) is 25.7 Å². The largest absolute Gasteiger partial charge is 0.264 e. The normalized spacial score (nSPS) is 13.0. The predicted octanol–water partition coefficient (Wildman–Crippen LogP) is 10.5. The Morgan fingerprint density at radius 3 is 1.85 bits per heavy atom. The summed E-state index contributed by atoms with van der Waals surface area (Å²) in [6.07, 6.45) is 4.68. The van der Waals surface area contributed by atoms with Crippen molar-refractivity contribution in [2.24, 2.45) is 5.92 Å². The first-order valence-electron chi connectivity index (χ1n) is 15.9. The third-order valence-electron chi connectivity index (χ3n) is 9.08. The van der Waals surface area contributed by atoms with E-state index in [0.29, 0.717) is 5.92 Å². The van der Waals surface area contributed by atoms with Crippen molar-refractivity contribution < 1.29 is 0 Å². The van der Waals surface area contributed by atoms with E-state index in [1.807, 2.05) is 18.3 Å². The van der Waals surface area contributed by atoms with Gasteiger partial charge < -0.3 is 0 Å². The molecule has 0 unspecified atom stereocenters. The van der Waals surface area contributed by atoms with E-state index in [2.05, 4.69) is 150 Å². The van der Waals surface area contributed by atoms with Gasteiger partial charge in [-0.05, 0) is 80.6 Å². The van der Waals surface area contributed by atoms with Gasteiger partial charge in [0.25, 0.3) is 0 Å². The maximum atomic E-state index is 4.48. The van der Waals surface area contributed by atoms with Crippen molar-refractivity contribution in [3.8, 4) is 43.4 Å². The molecule has 1 aliphatic carbocycles. The molecule has 0 atom stereocenters. The molecule has 222 valence electrons. The maximum absolute atomic E-state index is 4.48. The lowest BCUT2D eigenvalue weighted by atomic mass is 9.67. The van der Waals surface area contributed by atoms with Crippen molar-refractivity contribution in [2.75, 3.05) is 0 Å². The molecule has 0 radical (unpaired) electrons. The van der Waals surface area contributed by atoms with Crippen molar-refractivity contribution >= 4 is 11.3 Å². The molecule has 1 aliphatic rings. The molecular formula is C42H33N3S. The second-order valence-corrected chi connectivity index (χ2v) is 13.4. The molecule has 3 nitrogen and oxygen atoms in total. The number of pyridine rings is 1.